The van der Waals surface area contributed by atoms with Crippen molar-refractivity contribution in [2.45, 2.75) is 13.8 Å². The standard InChI is InChI=1S/C19H22N4O5/c1-3-27-19(26)23-10-8-22(9-11-23)18(25)15-6-4-14(5-7-15)17(24)20-16-12-13(2)28-21-16/h4-7,12H,3,8-11H2,1-2H3,(H,20,21,24). The van der Waals surface area contributed by atoms with Gasteiger partial charge < -0.3 is 24.4 Å². The zero-order valence-corrected chi connectivity index (χ0v) is 15.8. The number of hydrogen-bond acceptors (Lipinski definition) is 6. The first-order valence-corrected chi connectivity index (χ1v) is 9.03. The predicted octanol–water partition coefficient (Wildman–Crippen LogP) is 2.15. The Balaban J connectivity index is 1.56. The summed E-state index contributed by atoms with van der Waals surface area (Å²) >= 11 is 0. The molecule has 0 radical (unpaired) electrons. The number of ether oxygens (including phenoxy) is 1. The molecule has 1 saturated heterocycles. The summed E-state index contributed by atoms with van der Waals surface area (Å²) in [4.78, 5) is 39.9. The Bertz CT molecular complexity index is 853. The van der Waals surface area contributed by atoms with Crippen LogP contribution >= 0.6 is 0 Å². The van der Waals surface area contributed by atoms with E-state index in [1.54, 1.807) is 54.0 Å². The van der Waals surface area contributed by atoms with E-state index in [1.807, 2.05) is 0 Å². The molecule has 28 heavy (non-hydrogen) atoms. The number of aryl methyl sites for hydroxylation is 1. The number of amides is 3. The van der Waals surface area contributed by atoms with Crippen molar-refractivity contribution in [3.8, 4) is 0 Å². The number of piperazine rings is 1. The van der Waals surface area contributed by atoms with Crippen molar-refractivity contribution >= 4 is 23.7 Å². The van der Waals surface area contributed by atoms with Crippen LogP contribution in [0.3, 0.4) is 0 Å². The van der Waals surface area contributed by atoms with Gasteiger partial charge in [0, 0.05) is 43.4 Å². The van der Waals surface area contributed by atoms with Crippen LogP contribution in [0.25, 0.3) is 0 Å². The number of benzene rings is 1. The van der Waals surface area contributed by atoms with Gasteiger partial charge in [-0.3, -0.25) is 9.59 Å². The molecule has 3 amide bonds. The number of carbonyl (C=O) groups is 3. The second kappa shape index (κ2) is 8.55. The Morgan fingerprint density at radius 3 is 2.25 bits per heavy atom. The number of anilines is 1. The zero-order chi connectivity index (χ0) is 20.1. The van der Waals surface area contributed by atoms with Gasteiger partial charge in [-0.1, -0.05) is 5.16 Å². The maximum Gasteiger partial charge on any atom is 0.409 e. The van der Waals surface area contributed by atoms with Gasteiger partial charge in [-0.2, -0.15) is 0 Å². The lowest BCUT2D eigenvalue weighted by molar-refractivity contribution is 0.0570. The second-order valence-electron chi connectivity index (χ2n) is 6.33. The molecule has 1 fully saturated rings. The lowest BCUT2D eigenvalue weighted by atomic mass is 10.1. The first kappa shape index (κ1) is 19.4. The number of carbonyl (C=O) groups excluding carboxylic acids is 3. The lowest BCUT2D eigenvalue weighted by Crippen LogP contribution is -2.50. The molecule has 0 unspecified atom stereocenters. The van der Waals surface area contributed by atoms with Crippen LogP contribution in [0.4, 0.5) is 10.6 Å². The number of nitrogens with zero attached hydrogens (tertiary/aromatic N) is 3. The maximum atomic E-state index is 12.6. The largest absolute Gasteiger partial charge is 0.450 e. The van der Waals surface area contributed by atoms with Crippen molar-refractivity contribution in [2.24, 2.45) is 0 Å². The predicted molar refractivity (Wildman–Crippen MR) is 100 cm³/mol. The van der Waals surface area contributed by atoms with Crippen LogP contribution in [0.15, 0.2) is 34.9 Å². The summed E-state index contributed by atoms with van der Waals surface area (Å²) in [5, 5.41) is 6.34. The summed E-state index contributed by atoms with van der Waals surface area (Å²) in [7, 11) is 0. The monoisotopic (exact) mass is 386 g/mol. The summed E-state index contributed by atoms with van der Waals surface area (Å²) < 4.78 is 9.88. The summed E-state index contributed by atoms with van der Waals surface area (Å²) in [5.74, 6) is 0.458. The van der Waals surface area contributed by atoms with Gasteiger partial charge in [-0.15, -0.1) is 0 Å². The molecule has 0 bridgehead atoms. The van der Waals surface area contributed by atoms with E-state index in [0.717, 1.165) is 0 Å². The van der Waals surface area contributed by atoms with Crippen molar-refractivity contribution in [1.29, 1.82) is 0 Å². The fourth-order valence-corrected chi connectivity index (χ4v) is 2.87. The van der Waals surface area contributed by atoms with Crippen LogP contribution in [-0.2, 0) is 4.74 Å². The molecule has 2 heterocycles. The van der Waals surface area contributed by atoms with Gasteiger partial charge in [0.1, 0.15) is 5.76 Å². The van der Waals surface area contributed by atoms with E-state index >= 15 is 0 Å². The van der Waals surface area contributed by atoms with Gasteiger partial charge in [0.2, 0.25) is 0 Å². The lowest BCUT2D eigenvalue weighted by Gasteiger charge is -2.34. The zero-order valence-electron chi connectivity index (χ0n) is 15.8. The Morgan fingerprint density at radius 2 is 1.68 bits per heavy atom. The molecule has 0 saturated carbocycles. The first-order valence-electron chi connectivity index (χ1n) is 9.03. The van der Waals surface area contributed by atoms with Crippen LogP contribution in [0.5, 0.6) is 0 Å². The third-order valence-corrected chi connectivity index (χ3v) is 4.36. The number of rotatable bonds is 4. The molecule has 0 atom stereocenters. The Kier molecular flexibility index (Phi) is 5.93. The second-order valence-corrected chi connectivity index (χ2v) is 6.33. The molecule has 1 aromatic heterocycles. The minimum Gasteiger partial charge on any atom is -0.450 e. The average molecular weight is 386 g/mol. The summed E-state index contributed by atoms with van der Waals surface area (Å²) in [6.45, 7) is 5.55. The third-order valence-electron chi connectivity index (χ3n) is 4.36. The van der Waals surface area contributed by atoms with Crippen molar-refractivity contribution in [3.63, 3.8) is 0 Å². The molecular weight excluding hydrogens is 364 g/mol. The highest BCUT2D eigenvalue weighted by Crippen LogP contribution is 2.13. The highest BCUT2D eigenvalue weighted by atomic mass is 16.6. The fourth-order valence-electron chi connectivity index (χ4n) is 2.87. The molecular formula is C19H22N4O5. The molecule has 9 heteroatoms. The molecule has 1 aliphatic rings. The van der Waals surface area contributed by atoms with Gasteiger partial charge >= 0.3 is 6.09 Å². The molecule has 148 valence electrons. The van der Waals surface area contributed by atoms with Crippen molar-refractivity contribution in [3.05, 3.63) is 47.2 Å². The molecule has 1 N–H and O–H groups in total. The molecule has 3 rings (SSSR count). The Morgan fingerprint density at radius 1 is 1.07 bits per heavy atom. The van der Waals surface area contributed by atoms with Crippen molar-refractivity contribution < 1.29 is 23.6 Å². The van der Waals surface area contributed by atoms with E-state index in [-0.39, 0.29) is 17.9 Å². The number of hydrogen-bond donors (Lipinski definition) is 1. The van der Waals surface area contributed by atoms with Crippen LogP contribution in [0.1, 0.15) is 33.4 Å². The quantitative estimate of drug-likeness (QED) is 0.863. The van der Waals surface area contributed by atoms with Crippen LogP contribution < -0.4 is 5.32 Å². The van der Waals surface area contributed by atoms with E-state index in [9.17, 15) is 14.4 Å². The fraction of sp³-hybridized carbons (Fsp3) is 0.368. The molecule has 0 spiro atoms. The number of nitrogens with one attached hydrogen (secondary N) is 1. The van der Waals surface area contributed by atoms with E-state index in [2.05, 4.69) is 10.5 Å². The number of aromatic nitrogens is 1. The van der Waals surface area contributed by atoms with Gasteiger partial charge in [-0.25, -0.2) is 4.79 Å². The van der Waals surface area contributed by atoms with E-state index < -0.39 is 0 Å². The van der Waals surface area contributed by atoms with Gasteiger partial charge in [0.25, 0.3) is 11.8 Å². The van der Waals surface area contributed by atoms with Crippen LogP contribution in [0.2, 0.25) is 0 Å². The Labute approximate surface area is 162 Å². The molecule has 1 aliphatic heterocycles. The Hall–Kier alpha value is -3.36. The van der Waals surface area contributed by atoms with E-state index in [4.69, 9.17) is 9.26 Å². The first-order chi connectivity index (χ1) is 13.5. The van der Waals surface area contributed by atoms with Crippen molar-refractivity contribution in [2.75, 3.05) is 38.1 Å². The normalized spacial score (nSPS) is 13.9. The average Bonchev–Trinajstić information content (AvgIpc) is 3.12. The smallest absolute Gasteiger partial charge is 0.409 e. The summed E-state index contributed by atoms with van der Waals surface area (Å²) in [6.07, 6.45) is -0.354. The SMILES string of the molecule is CCOC(=O)N1CCN(C(=O)c2ccc(C(=O)Nc3cc(C)on3)cc2)CC1. The maximum absolute atomic E-state index is 12.6. The van der Waals surface area contributed by atoms with Gasteiger partial charge in [-0.05, 0) is 38.1 Å². The molecule has 2 aromatic rings. The summed E-state index contributed by atoms with van der Waals surface area (Å²) in [5.41, 5.74) is 0.891. The highest BCUT2D eigenvalue weighted by molar-refractivity contribution is 6.04. The van der Waals surface area contributed by atoms with E-state index in [1.165, 1.54) is 0 Å². The molecule has 1 aromatic carbocycles. The minimum atomic E-state index is -0.354. The van der Waals surface area contributed by atoms with E-state index in [0.29, 0.717) is 55.5 Å². The third kappa shape index (κ3) is 4.48. The van der Waals surface area contributed by atoms with Gasteiger partial charge in [0.15, 0.2) is 5.82 Å². The molecule has 9 nitrogen and oxygen atoms in total. The topological polar surface area (TPSA) is 105 Å². The van der Waals surface area contributed by atoms with Crippen molar-refractivity contribution in [1.82, 2.24) is 15.0 Å². The highest BCUT2D eigenvalue weighted by Gasteiger charge is 2.25. The molecule has 0 aliphatic carbocycles. The minimum absolute atomic E-state index is 0.136. The van der Waals surface area contributed by atoms with Crippen LogP contribution in [0, 0.1) is 6.92 Å². The van der Waals surface area contributed by atoms with Gasteiger partial charge in [0.05, 0.1) is 6.61 Å². The van der Waals surface area contributed by atoms with Crippen LogP contribution in [-0.4, -0.2) is 65.6 Å². The summed E-state index contributed by atoms with van der Waals surface area (Å²) in [6, 6.07) is 8.02.